The zero-order valence-electron chi connectivity index (χ0n) is 20.0. The molecular weight excluding hydrogens is 442 g/mol. The first kappa shape index (κ1) is 25.5. The molecule has 2 aromatic carbocycles. The summed E-state index contributed by atoms with van der Waals surface area (Å²) >= 11 is 0. The lowest BCUT2D eigenvalue weighted by Gasteiger charge is -2.31. The van der Waals surface area contributed by atoms with Crippen molar-refractivity contribution >= 4 is 12.0 Å². The van der Waals surface area contributed by atoms with Crippen molar-refractivity contribution in [2.24, 2.45) is 5.41 Å². The number of hydrogen-bond donors (Lipinski definition) is 0. The number of rotatable bonds is 7. The first-order chi connectivity index (χ1) is 16.1. The fourth-order valence-corrected chi connectivity index (χ4v) is 3.61. The van der Waals surface area contributed by atoms with E-state index >= 15 is 0 Å². The molecule has 1 unspecified atom stereocenters. The summed E-state index contributed by atoms with van der Waals surface area (Å²) in [5.74, 6) is 0.257. The van der Waals surface area contributed by atoms with Gasteiger partial charge in [0.1, 0.15) is 17.6 Å². The fraction of sp³-hybridized carbons (Fsp3) is 0.462. The number of amides is 2. The second kappa shape index (κ2) is 10.8. The number of carbonyl (C=O) groups excluding carboxylic acids is 2. The molecule has 0 aromatic heterocycles. The highest BCUT2D eigenvalue weighted by Crippen LogP contribution is 2.29. The Labute approximate surface area is 199 Å². The predicted octanol–water partition coefficient (Wildman–Crippen LogP) is 5.83. The number of nitrogens with zero attached hydrogens (tertiary/aromatic N) is 2. The van der Waals surface area contributed by atoms with Crippen LogP contribution in [0.15, 0.2) is 54.6 Å². The second-order valence-electron chi connectivity index (χ2n) is 9.54. The highest BCUT2D eigenvalue weighted by Gasteiger charge is 2.37. The minimum Gasteiger partial charge on any atom is -0.457 e. The van der Waals surface area contributed by atoms with E-state index in [1.165, 1.54) is 4.90 Å². The average molecular weight is 475 g/mol. The Kier molecular flexibility index (Phi) is 8.12. The number of ether oxygens (including phenoxy) is 2. The minimum atomic E-state index is -2.71. The van der Waals surface area contributed by atoms with Gasteiger partial charge in [-0.2, -0.15) is 0 Å². The molecule has 0 saturated carbocycles. The summed E-state index contributed by atoms with van der Waals surface area (Å²) < 4.78 is 38.4. The van der Waals surface area contributed by atoms with Crippen molar-refractivity contribution < 1.29 is 27.8 Å². The van der Waals surface area contributed by atoms with Gasteiger partial charge < -0.3 is 19.3 Å². The number of hydrogen-bond acceptors (Lipinski definition) is 4. The van der Waals surface area contributed by atoms with E-state index in [9.17, 15) is 18.4 Å². The zero-order chi connectivity index (χ0) is 24.9. The van der Waals surface area contributed by atoms with Gasteiger partial charge in [0.2, 0.25) is 0 Å². The molecule has 8 heteroatoms. The van der Waals surface area contributed by atoms with Crippen molar-refractivity contribution in [1.82, 2.24) is 9.80 Å². The quantitative estimate of drug-likeness (QED) is 0.507. The van der Waals surface area contributed by atoms with E-state index in [0.717, 1.165) is 4.90 Å². The Balaban J connectivity index is 1.77. The van der Waals surface area contributed by atoms with Gasteiger partial charge in [-0.25, -0.2) is 13.6 Å². The lowest BCUT2D eigenvalue weighted by Crippen LogP contribution is -2.45. The van der Waals surface area contributed by atoms with E-state index in [-0.39, 0.29) is 29.4 Å². The van der Waals surface area contributed by atoms with Gasteiger partial charge in [-0.05, 0) is 43.0 Å². The predicted molar refractivity (Wildman–Crippen MR) is 125 cm³/mol. The van der Waals surface area contributed by atoms with Gasteiger partial charge in [0.15, 0.2) is 0 Å². The lowest BCUT2D eigenvalue weighted by atomic mass is 9.90. The molecule has 1 saturated heterocycles. The van der Waals surface area contributed by atoms with Gasteiger partial charge in [0, 0.05) is 13.1 Å². The molecule has 0 aliphatic carbocycles. The van der Waals surface area contributed by atoms with Crippen LogP contribution in [0.5, 0.6) is 11.5 Å². The molecule has 184 valence electrons. The summed E-state index contributed by atoms with van der Waals surface area (Å²) in [6, 6.07) is 15.0. The Morgan fingerprint density at radius 1 is 1.09 bits per heavy atom. The molecular formula is C26H32F2N2O4. The van der Waals surface area contributed by atoms with Gasteiger partial charge >= 0.3 is 6.09 Å². The second-order valence-corrected chi connectivity index (χ2v) is 9.54. The summed E-state index contributed by atoms with van der Waals surface area (Å²) in [5, 5.41) is 0. The Bertz CT molecular complexity index is 978. The summed E-state index contributed by atoms with van der Waals surface area (Å²) in [6.45, 7) is 7.46. The van der Waals surface area contributed by atoms with E-state index in [4.69, 9.17) is 9.47 Å². The standard InChI is InChI=1S/C26H32F2N2O4/c1-18(26(2,3)4)33-25(32)29-15-14-19(16-29)30(17-23(27)28)24(31)21-12-8-9-13-22(21)34-20-10-6-5-7-11-20/h5-13,18-19,23H,14-17H2,1-4H3/t18?,19-/m0/s1. The summed E-state index contributed by atoms with van der Waals surface area (Å²) in [5.41, 5.74) is -0.0380. The van der Waals surface area contributed by atoms with Gasteiger partial charge in [0.25, 0.3) is 12.3 Å². The SMILES string of the molecule is CC(OC(=O)N1CC[C@H](N(CC(F)F)C(=O)c2ccccc2Oc2ccccc2)C1)C(C)(C)C. The van der Waals surface area contributed by atoms with Gasteiger partial charge in [-0.3, -0.25) is 4.79 Å². The molecule has 1 heterocycles. The van der Waals surface area contributed by atoms with Crippen LogP contribution in [0.25, 0.3) is 0 Å². The molecule has 3 rings (SSSR count). The molecule has 0 radical (unpaired) electrons. The minimum absolute atomic E-state index is 0.135. The van der Waals surface area contributed by atoms with Gasteiger partial charge in [0.05, 0.1) is 18.2 Å². The molecule has 0 spiro atoms. The molecule has 2 atom stereocenters. The summed E-state index contributed by atoms with van der Waals surface area (Å²) in [6.07, 6.45) is -3.14. The molecule has 2 amide bonds. The number of halogens is 2. The normalized spacial score (nSPS) is 16.9. The van der Waals surface area contributed by atoms with Gasteiger partial charge in [-0.1, -0.05) is 51.1 Å². The molecule has 6 nitrogen and oxygen atoms in total. The van der Waals surface area contributed by atoms with Crippen LogP contribution >= 0.6 is 0 Å². The number of benzene rings is 2. The number of carbonyl (C=O) groups is 2. The third kappa shape index (κ3) is 6.46. The molecule has 1 aliphatic rings. The largest absolute Gasteiger partial charge is 0.457 e. The van der Waals surface area contributed by atoms with Crippen LogP contribution in [0, 0.1) is 5.41 Å². The van der Waals surface area contributed by atoms with E-state index < -0.39 is 31.0 Å². The maximum absolute atomic E-state index is 13.5. The van der Waals surface area contributed by atoms with Crippen molar-refractivity contribution in [3.05, 3.63) is 60.2 Å². The topological polar surface area (TPSA) is 59.1 Å². The molecule has 1 aliphatic heterocycles. The molecule has 0 N–H and O–H groups in total. The van der Waals surface area contributed by atoms with Crippen LogP contribution in [0.4, 0.5) is 13.6 Å². The maximum Gasteiger partial charge on any atom is 0.410 e. The van der Waals surface area contributed by atoms with Crippen LogP contribution in [0.3, 0.4) is 0 Å². The molecule has 34 heavy (non-hydrogen) atoms. The fourth-order valence-electron chi connectivity index (χ4n) is 3.61. The molecule has 2 aromatic rings. The number of likely N-dealkylation sites (tertiary alicyclic amines) is 1. The Morgan fingerprint density at radius 2 is 1.74 bits per heavy atom. The first-order valence-corrected chi connectivity index (χ1v) is 11.4. The summed E-state index contributed by atoms with van der Waals surface area (Å²) in [7, 11) is 0. The number of para-hydroxylation sites is 2. The highest BCUT2D eigenvalue weighted by molar-refractivity contribution is 5.97. The van der Waals surface area contributed by atoms with E-state index in [0.29, 0.717) is 18.7 Å². The lowest BCUT2D eigenvalue weighted by molar-refractivity contribution is 0.0212. The van der Waals surface area contributed by atoms with Crippen LogP contribution in [-0.2, 0) is 4.74 Å². The van der Waals surface area contributed by atoms with Crippen molar-refractivity contribution in [2.75, 3.05) is 19.6 Å². The first-order valence-electron chi connectivity index (χ1n) is 11.4. The zero-order valence-corrected chi connectivity index (χ0v) is 20.0. The highest BCUT2D eigenvalue weighted by atomic mass is 19.3. The number of alkyl halides is 2. The van der Waals surface area contributed by atoms with Crippen LogP contribution < -0.4 is 4.74 Å². The maximum atomic E-state index is 13.5. The van der Waals surface area contributed by atoms with E-state index in [1.54, 1.807) is 48.5 Å². The van der Waals surface area contributed by atoms with Gasteiger partial charge in [-0.15, -0.1) is 0 Å². The summed E-state index contributed by atoms with van der Waals surface area (Å²) in [4.78, 5) is 28.7. The monoisotopic (exact) mass is 474 g/mol. The molecule has 1 fully saturated rings. The van der Waals surface area contributed by atoms with Crippen molar-refractivity contribution in [1.29, 1.82) is 0 Å². The molecule has 0 bridgehead atoms. The van der Waals surface area contributed by atoms with Crippen LogP contribution in [0.2, 0.25) is 0 Å². The van der Waals surface area contributed by atoms with E-state index in [2.05, 4.69) is 0 Å². The van der Waals surface area contributed by atoms with Crippen LogP contribution in [-0.4, -0.2) is 60.0 Å². The smallest absolute Gasteiger partial charge is 0.410 e. The third-order valence-electron chi connectivity index (χ3n) is 6.04. The Morgan fingerprint density at radius 3 is 2.38 bits per heavy atom. The van der Waals surface area contributed by atoms with Crippen molar-refractivity contribution in [2.45, 2.75) is 52.7 Å². The average Bonchev–Trinajstić information content (AvgIpc) is 3.27. The van der Waals surface area contributed by atoms with Crippen molar-refractivity contribution in [3.63, 3.8) is 0 Å². The van der Waals surface area contributed by atoms with Crippen molar-refractivity contribution in [3.8, 4) is 11.5 Å². The van der Waals surface area contributed by atoms with Crippen LogP contribution in [0.1, 0.15) is 44.5 Å². The van der Waals surface area contributed by atoms with E-state index in [1.807, 2.05) is 33.8 Å². The third-order valence-corrected chi connectivity index (χ3v) is 6.04. The Hall–Kier alpha value is -3.16.